The van der Waals surface area contributed by atoms with Gasteiger partial charge in [0.25, 0.3) is 0 Å². The molecule has 21 heavy (non-hydrogen) atoms. The predicted molar refractivity (Wildman–Crippen MR) is 79.0 cm³/mol. The van der Waals surface area contributed by atoms with Crippen molar-refractivity contribution in [1.82, 2.24) is 4.31 Å². The molecular formula is C14H13NO4S2. The summed E-state index contributed by atoms with van der Waals surface area (Å²) < 4.78 is 26.6. The minimum absolute atomic E-state index is 0.0333. The van der Waals surface area contributed by atoms with Crippen LogP contribution in [0.4, 0.5) is 0 Å². The Kier molecular flexibility index (Phi) is 3.56. The fraction of sp³-hybridized carbons (Fsp3) is 0.214. The van der Waals surface area contributed by atoms with Crippen molar-refractivity contribution in [3.05, 3.63) is 51.7 Å². The van der Waals surface area contributed by atoms with E-state index in [9.17, 15) is 13.2 Å². The zero-order chi connectivity index (χ0) is 15.0. The van der Waals surface area contributed by atoms with Crippen molar-refractivity contribution in [2.24, 2.45) is 0 Å². The smallest absolute Gasteiger partial charge is 0.345 e. The molecule has 0 radical (unpaired) electrons. The van der Waals surface area contributed by atoms with Crippen LogP contribution in [0.15, 0.2) is 40.6 Å². The lowest BCUT2D eigenvalue weighted by Crippen LogP contribution is -2.35. The summed E-state index contributed by atoms with van der Waals surface area (Å²) in [5.41, 5.74) is 2.17. The number of carbonyl (C=O) groups is 1. The number of fused-ring (bicyclic) bond motifs is 1. The average Bonchev–Trinajstić information content (AvgIpc) is 2.97. The molecule has 2 heterocycles. The summed E-state index contributed by atoms with van der Waals surface area (Å²) in [4.78, 5) is 11.0. The Morgan fingerprint density at radius 3 is 2.62 bits per heavy atom. The van der Waals surface area contributed by atoms with Crippen LogP contribution in [0.1, 0.15) is 20.8 Å². The third-order valence-corrected chi connectivity index (χ3v) is 6.41. The van der Waals surface area contributed by atoms with Crippen LogP contribution < -0.4 is 0 Å². The Hall–Kier alpha value is -1.70. The van der Waals surface area contributed by atoms with Gasteiger partial charge in [-0.1, -0.05) is 24.3 Å². The lowest BCUT2D eigenvalue weighted by atomic mass is 10.0. The van der Waals surface area contributed by atoms with Crippen LogP contribution in [0.2, 0.25) is 0 Å². The normalized spacial score (nSPS) is 15.6. The first-order chi connectivity index (χ1) is 9.98. The van der Waals surface area contributed by atoms with Crippen LogP contribution in [0.3, 0.4) is 0 Å². The third-order valence-electron chi connectivity index (χ3n) is 3.52. The molecule has 1 aliphatic heterocycles. The lowest BCUT2D eigenvalue weighted by Gasteiger charge is -2.27. The summed E-state index contributed by atoms with van der Waals surface area (Å²) in [6.07, 6.45) is 0.672. The number of thiophene rings is 1. The van der Waals surface area contributed by atoms with Crippen molar-refractivity contribution >= 4 is 27.3 Å². The minimum Gasteiger partial charge on any atom is -0.477 e. The Morgan fingerprint density at radius 2 is 1.95 bits per heavy atom. The van der Waals surface area contributed by atoms with Crippen LogP contribution in [-0.2, 0) is 23.0 Å². The number of carboxylic acid groups (broad SMARTS) is 1. The molecule has 1 N–H and O–H groups in total. The number of sulfonamides is 1. The van der Waals surface area contributed by atoms with Crippen LogP contribution in [-0.4, -0.2) is 30.3 Å². The standard InChI is InChI=1S/C14H13NO4S2/c16-14(17)13-7-12(9-20-13)21(18,19)15-6-5-10-3-1-2-4-11(10)8-15/h1-4,7,9H,5-6,8H2,(H,16,17). The highest BCUT2D eigenvalue weighted by Gasteiger charge is 2.29. The first-order valence-electron chi connectivity index (χ1n) is 6.37. The van der Waals surface area contributed by atoms with Crippen molar-refractivity contribution in [3.63, 3.8) is 0 Å². The summed E-state index contributed by atoms with van der Waals surface area (Å²) in [6, 6.07) is 8.99. The van der Waals surface area contributed by atoms with Crippen molar-refractivity contribution in [3.8, 4) is 0 Å². The summed E-state index contributed by atoms with van der Waals surface area (Å²) in [5.74, 6) is -1.11. The molecule has 0 atom stereocenters. The molecule has 0 aliphatic carbocycles. The number of aromatic carboxylic acids is 1. The molecule has 1 aliphatic rings. The van der Waals surface area contributed by atoms with Crippen molar-refractivity contribution in [2.75, 3.05) is 6.54 Å². The van der Waals surface area contributed by atoms with Gasteiger partial charge in [0.05, 0.1) is 4.90 Å². The van der Waals surface area contributed by atoms with Gasteiger partial charge in [-0.25, -0.2) is 13.2 Å². The van der Waals surface area contributed by atoms with Crippen molar-refractivity contribution in [2.45, 2.75) is 17.9 Å². The quantitative estimate of drug-likeness (QED) is 0.939. The van der Waals surface area contributed by atoms with E-state index in [4.69, 9.17) is 5.11 Å². The largest absolute Gasteiger partial charge is 0.477 e. The number of benzene rings is 1. The van der Waals surface area contributed by atoms with E-state index < -0.39 is 16.0 Å². The summed E-state index contributed by atoms with van der Waals surface area (Å²) in [6.45, 7) is 0.744. The Labute approximate surface area is 126 Å². The lowest BCUT2D eigenvalue weighted by molar-refractivity contribution is 0.0702. The summed E-state index contributed by atoms with van der Waals surface area (Å²) in [5, 5.41) is 10.3. The molecule has 2 aromatic rings. The van der Waals surface area contributed by atoms with Gasteiger partial charge in [0.15, 0.2) is 0 Å². The maximum absolute atomic E-state index is 12.6. The highest BCUT2D eigenvalue weighted by Crippen LogP contribution is 2.27. The Balaban J connectivity index is 1.91. The molecular weight excluding hydrogens is 310 g/mol. The van der Waals surface area contributed by atoms with Gasteiger partial charge in [-0.3, -0.25) is 0 Å². The number of rotatable bonds is 3. The van der Waals surface area contributed by atoms with E-state index in [1.54, 1.807) is 0 Å². The number of carboxylic acids is 1. The second-order valence-corrected chi connectivity index (χ2v) is 7.66. The number of nitrogens with zero attached hydrogens (tertiary/aromatic N) is 1. The molecule has 5 nitrogen and oxygen atoms in total. The molecule has 0 saturated carbocycles. The third kappa shape index (κ3) is 2.59. The number of hydrogen-bond acceptors (Lipinski definition) is 4. The van der Waals surface area contributed by atoms with Crippen LogP contribution >= 0.6 is 11.3 Å². The van der Waals surface area contributed by atoms with E-state index >= 15 is 0 Å². The van der Waals surface area contributed by atoms with Crippen LogP contribution in [0, 0.1) is 0 Å². The Morgan fingerprint density at radius 1 is 1.24 bits per heavy atom. The molecule has 0 bridgehead atoms. The van der Waals surface area contributed by atoms with Crippen molar-refractivity contribution in [1.29, 1.82) is 0 Å². The highest BCUT2D eigenvalue weighted by molar-refractivity contribution is 7.89. The zero-order valence-electron chi connectivity index (χ0n) is 11.0. The molecule has 0 saturated heterocycles. The molecule has 0 unspecified atom stereocenters. The zero-order valence-corrected chi connectivity index (χ0v) is 12.7. The maximum Gasteiger partial charge on any atom is 0.345 e. The fourth-order valence-electron chi connectivity index (χ4n) is 2.39. The number of hydrogen-bond donors (Lipinski definition) is 1. The minimum atomic E-state index is -3.64. The topological polar surface area (TPSA) is 74.7 Å². The fourth-order valence-corrected chi connectivity index (χ4v) is 4.91. The molecule has 110 valence electrons. The molecule has 1 aromatic carbocycles. The van der Waals surface area contributed by atoms with Gasteiger partial charge >= 0.3 is 5.97 Å². The molecule has 0 amide bonds. The van der Waals surface area contributed by atoms with Crippen LogP contribution in [0.5, 0.6) is 0 Å². The first-order valence-corrected chi connectivity index (χ1v) is 8.69. The van der Waals surface area contributed by atoms with E-state index in [0.717, 1.165) is 16.9 Å². The van der Waals surface area contributed by atoms with Crippen molar-refractivity contribution < 1.29 is 18.3 Å². The van der Waals surface area contributed by atoms with Crippen LogP contribution in [0.25, 0.3) is 0 Å². The van der Waals surface area contributed by atoms with E-state index in [2.05, 4.69) is 0 Å². The monoisotopic (exact) mass is 323 g/mol. The molecule has 3 rings (SSSR count). The molecule has 1 aromatic heterocycles. The molecule has 0 fully saturated rings. The highest BCUT2D eigenvalue weighted by atomic mass is 32.2. The van der Waals surface area contributed by atoms with E-state index in [0.29, 0.717) is 19.5 Å². The average molecular weight is 323 g/mol. The van der Waals surface area contributed by atoms with E-state index in [1.165, 1.54) is 21.3 Å². The van der Waals surface area contributed by atoms with Gasteiger partial charge in [0.1, 0.15) is 4.88 Å². The first kappa shape index (κ1) is 14.2. The van der Waals surface area contributed by atoms with Gasteiger partial charge in [-0.15, -0.1) is 11.3 Å². The maximum atomic E-state index is 12.6. The summed E-state index contributed by atoms with van der Waals surface area (Å²) >= 11 is 0.929. The van der Waals surface area contributed by atoms with Gasteiger partial charge in [-0.2, -0.15) is 4.31 Å². The second-order valence-electron chi connectivity index (χ2n) is 4.81. The van der Waals surface area contributed by atoms with Gasteiger partial charge < -0.3 is 5.11 Å². The van der Waals surface area contributed by atoms with Gasteiger partial charge in [0, 0.05) is 18.5 Å². The Bertz CT molecular complexity index is 795. The predicted octanol–water partition coefficient (Wildman–Crippen LogP) is 2.19. The molecule has 7 heteroatoms. The molecule has 0 spiro atoms. The second kappa shape index (κ2) is 5.25. The summed E-state index contributed by atoms with van der Waals surface area (Å²) in [7, 11) is -3.64. The van der Waals surface area contributed by atoms with E-state index in [-0.39, 0.29) is 9.77 Å². The van der Waals surface area contributed by atoms with E-state index in [1.807, 2.05) is 24.3 Å². The SMILES string of the molecule is O=C(O)c1cc(S(=O)(=O)N2CCc3ccccc3C2)cs1. The van der Waals surface area contributed by atoms with Gasteiger partial charge in [0.2, 0.25) is 10.0 Å². The van der Waals surface area contributed by atoms with Gasteiger partial charge in [-0.05, 0) is 23.6 Å².